The number of aromatic nitrogens is 2. The molecular weight excluding hydrogens is 252 g/mol. The molecule has 1 saturated heterocycles. The van der Waals surface area contributed by atoms with Gasteiger partial charge >= 0.3 is 0 Å². The van der Waals surface area contributed by atoms with Gasteiger partial charge in [-0.3, -0.25) is 0 Å². The SMILES string of the molecule is CNCc1c(N2CCC(O)C(C)C2)nc2ccccn12. The zero-order chi connectivity index (χ0) is 14.1. The maximum Gasteiger partial charge on any atom is 0.152 e. The number of hydrogen-bond acceptors (Lipinski definition) is 4. The van der Waals surface area contributed by atoms with Crippen LogP contribution in [0.25, 0.3) is 5.65 Å². The lowest BCUT2D eigenvalue weighted by Gasteiger charge is -2.35. The Labute approximate surface area is 119 Å². The van der Waals surface area contributed by atoms with Crippen molar-refractivity contribution in [2.75, 3.05) is 25.0 Å². The van der Waals surface area contributed by atoms with Gasteiger partial charge in [-0.25, -0.2) is 4.98 Å². The second kappa shape index (κ2) is 5.42. The molecule has 20 heavy (non-hydrogen) atoms. The fourth-order valence-corrected chi connectivity index (χ4v) is 2.94. The molecular formula is C15H22N4O. The molecule has 2 unspecified atom stereocenters. The van der Waals surface area contributed by atoms with Crippen molar-refractivity contribution in [2.45, 2.75) is 26.0 Å². The predicted octanol–water partition coefficient (Wildman–Crippen LogP) is 1.26. The number of fused-ring (bicyclic) bond motifs is 1. The molecule has 0 amide bonds. The number of imidazole rings is 1. The van der Waals surface area contributed by atoms with Crippen molar-refractivity contribution in [1.82, 2.24) is 14.7 Å². The van der Waals surface area contributed by atoms with Gasteiger partial charge in [0.1, 0.15) is 5.65 Å². The maximum absolute atomic E-state index is 9.89. The van der Waals surface area contributed by atoms with E-state index in [9.17, 15) is 5.11 Å². The Morgan fingerprint density at radius 1 is 1.45 bits per heavy atom. The van der Waals surface area contributed by atoms with E-state index in [0.717, 1.165) is 37.5 Å². The average molecular weight is 274 g/mol. The first kappa shape index (κ1) is 13.4. The highest BCUT2D eigenvalue weighted by atomic mass is 16.3. The van der Waals surface area contributed by atoms with E-state index in [-0.39, 0.29) is 12.0 Å². The lowest BCUT2D eigenvalue weighted by atomic mass is 9.97. The molecule has 5 heteroatoms. The van der Waals surface area contributed by atoms with Crippen LogP contribution in [-0.4, -0.2) is 40.7 Å². The van der Waals surface area contributed by atoms with Gasteiger partial charge in [0.2, 0.25) is 0 Å². The fourth-order valence-electron chi connectivity index (χ4n) is 2.94. The number of aliphatic hydroxyl groups is 1. The molecule has 0 aromatic carbocycles. The second-order valence-corrected chi connectivity index (χ2v) is 5.62. The molecule has 0 aliphatic carbocycles. The molecule has 1 aliphatic heterocycles. The third-order valence-corrected chi connectivity index (χ3v) is 4.11. The minimum Gasteiger partial charge on any atom is -0.393 e. The number of rotatable bonds is 3. The highest BCUT2D eigenvalue weighted by Gasteiger charge is 2.27. The topological polar surface area (TPSA) is 52.8 Å². The standard InChI is InChI=1S/C15H22N4O/c1-11-10-18(8-6-13(11)20)15-12(9-16-2)19-7-4-3-5-14(19)17-15/h3-5,7,11,13,16,20H,6,8-10H2,1-2H3. The van der Waals surface area contributed by atoms with Gasteiger partial charge in [-0.15, -0.1) is 0 Å². The zero-order valence-corrected chi connectivity index (χ0v) is 12.1. The largest absolute Gasteiger partial charge is 0.393 e. The Hall–Kier alpha value is -1.59. The summed E-state index contributed by atoms with van der Waals surface area (Å²) >= 11 is 0. The molecule has 0 radical (unpaired) electrons. The summed E-state index contributed by atoms with van der Waals surface area (Å²) in [7, 11) is 1.95. The van der Waals surface area contributed by atoms with Crippen molar-refractivity contribution in [1.29, 1.82) is 0 Å². The summed E-state index contributed by atoms with van der Waals surface area (Å²) < 4.78 is 2.14. The molecule has 2 atom stereocenters. The van der Waals surface area contributed by atoms with Gasteiger partial charge in [-0.1, -0.05) is 13.0 Å². The number of aliphatic hydroxyl groups excluding tert-OH is 1. The van der Waals surface area contributed by atoms with Gasteiger partial charge < -0.3 is 19.7 Å². The third kappa shape index (κ3) is 2.27. The van der Waals surface area contributed by atoms with E-state index in [1.165, 1.54) is 5.69 Å². The Bertz CT molecular complexity index is 595. The molecule has 2 aromatic heterocycles. The molecule has 0 saturated carbocycles. The number of nitrogens with one attached hydrogen (secondary N) is 1. The van der Waals surface area contributed by atoms with Crippen molar-refractivity contribution >= 4 is 11.5 Å². The van der Waals surface area contributed by atoms with E-state index in [0.29, 0.717) is 0 Å². The van der Waals surface area contributed by atoms with Crippen LogP contribution in [0.2, 0.25) is 0 Å². The van der Waals surface area contributed by atoms with Crippen LogP contribution in [0, 0.1) is 5.92 Å². The number of anilines is 1. The molecule has 2 aromatic rings. The minimum absolute atomic E-state index is 0.184. The summed E-state index contributed by atoms with van der Waals surface area (Å²) in [6, 6.07) is 6.07. The lowest BCUT2D eigenvalue weighted by Crippen LogP contribution is -2.42. The second-order valence-electron chi connectivity index (χ2n) is 5.62. The van der Waals surface area contributed by atoms with Crippen molar-refractivity contribution in [2.24, 2.45) is 5.92 Å². The number of piperidine rings is 1. The van der Waals surface area contributed by atoms with Crippen molar-refractivity contribution in [3.63, 3.8) is 0 Å². The van der Waals surface area contributed by atoms with Crippen LogP contribution < -0.4 is 10.2 Å². The first-order valence-electron chi connectivity index (χ1n) is 7.24. The van der Waals surface area contributed by atoms with E-state index in [1.807, 2.05) is 25.2 Å². The van der Waals surface area contributed by atoms with Crippen molar-refractivity contribution in [3.05, 3.63) is 30.1 Å². The summed E-state index contributed by atoms with van der Waals surface area (Å²) in [4.78, 5) is 7.08. The van der Waals surface area contributed by atoms with Crippen LogP contribution >= 0.6 is 0 Å². The normalized spacial score (nSPS) is 23.4. The summed E-state index contributed by atoms with van der Waals surface area (Å²) in [6.45, 7) is 4.62. The van der Waals surface area contributed by atoms with E-state index in [2.05, 4.69) is 27.7 Å². The Morgan fingerprint density at radius 2 is 2.30 bits per heavy atom. The Kier molecular flexibility index (Phi) is 3.63. The fraction of sp³-hybridized carbons (Fsp3) is 0.533. The molecule has 0 bridgehead atoms. The molecule has 5 nitrogen and oxygen atoms in total. The van der Waals surface area contributed by atoms with Crippen LogP contribution in [0.15, 0.2) is 24.4 Å². The van der Waals surface area contributed by atoms with Gasteiger partial charge in [0.25, 0.3) is 0 Å². The summed E-state index contributed by atoms with van der Waals surface area (Å²) in [5.74, 6) is 1.33. The summed E-state index contributed by atoms with van der Waals surface area (Å²) in [6.07, 6.45) is 2.69. The molecule has 1 fully saturated rings. The van der Waals surface area contributed by atoms with Gasteiger partial charge in [0.15, 0.2) is 5.82 Å². The number of nitrogens with zero attached hydrogens (tertiary/aromatic N) is 3. The maximum atomic E-state index is 9.89. The van der Waals surface area contributed by atoms with Crippen LogP contribution in [0.5, 0.6) is 0 Å². The van der Waals surface area contributed by atoms with E-state index >= 15 is 0 Å². The quantitative estimate of drug-likeness (QED) is 0.885. The van der Waals surface area contributed by atoms with E-state index in [1.54, 1.807) is 0 Å². The van der Waals surface area contributed by atoms with Gasteiger partial charge in [0.05, 0.1) is 11.8 Å². The van der Waals surface area contributed by atoms with E-state index in [4.69, 9.17) is 4.98 Å². The van der Waals surface area contributed by atoms with E-state index < -0.39 is 0 Å². The van der Waals surface area contributed by atoms with Crippen LogP contribution in [-0.2, 0) is 6.54 Å². The summed E-state index contributed by atoms with van der Waals surface area (Å²) in [5.41, 5.74) is 2.17. The molecule has 3 heterocycles. The van der Waals surface area contributed by atoms with Crippen LogP contribution in [0.4, 0.5) is 5.82 Å². The summed E-state index contributed by atoms with van der Waals surface area (Å²) in [5, 5.41) is 13.1. The van der Waals surface area contributed by atoms with Gasteiger partial charge in [0, 0.05) is 25.8 Å². The predicted molar refractivity (Wildman–Crippen MR) is 80.0 cm³/mol. The first-order chi connectivity index (χ1) is 9.70. The smallest absolute Gasteiger partial charge is 0.152 e. The monoisotopic (exact) mass is 274 g/mol. The molecule has 0 spiro atoms. The van der Waals surface area contributed by atoms with Gasteiger partial charge in [-0.2, -0.15) is 0 Å². The zero-order valence-electron chi connectivity index (χ0n) is 12.1. The minimum atomic E-state index is -0.184. The molecule has 1 aliphatic rings. The van der Waals surface area contributed by atoms with Crippen LogP contribution in [0.1, 0.15) is 19.0 Å². The highest BCUT2D eigenvalue weighted by molar-refractivity contribution is 5.56. The van der Waals surface area contributed by atoms with Crippen molar-refractivity contribution < 1.29 is 5.11 Å². The third-order valence-electron chi connectivity index (χ3n) is 4.11. The van der Waals surface area contributed by atoms with Crippen molar-refractivity contribution in [3.8, 4) is 0 Å². The Balaban J connectivity index is 1.99. The molecule has 108 valence electrons. The average Bonchev–Trinajstić information content (AvgIpc) is 2.82. The highest BCUT2D eigenvalue weighted by Crippen LogP contribution is 2.26. The molecule has 3 rings (SSSR count). The van der Waals surface area contributed by atoms with Crippen LogP contribution in [0.3, 0.4) is 0 Å². The molecule has 2 N–H and O–H groups in total. The first-order valence-corrected chi connectivity index (χ1v) is 7.24. The number of hydrogen-bond donors (Lipinski definition) is 2. The van der Waals surface area contributed by atoms with Gasteiger partial charge in [-0.05, 0) is 31.5 Å². The number of pyridine rings is 1. The lowest BCUT2D eigenvalue weighted by molar-refractivity contribution is 0.0968. The Morgan fingerprint density at radius 3 is 3.05 bits per heavy atom.